The fourth-order valence-corrected chi connectivity index (χ4v) is 3.28. The number of hydrogen-bond donors (Lipinski definition) is 2. The number of halogens is 1. The van der Waals surface area contributed by atoms with Gasteiger partial charge in [0.15, 0.2) is 5.82 Å². The van der Waals surface area contributed by atoms with E-state index in [9.17, 15) is 4.39 Å². The van der Waals surface area contributed by atoms with E-state index in [-0.39, 0.29) is 5.82 Å². The van der Waals surface area contributed by atoms with Gasteiger partial charge in [-0.05, 0) is 38.0 Å². The monoisotopic (exact) mass is 310 g/mol. The lowest BCUT2D eigenvalue weighted by Crippen LogP contribution is -2.16. The first kappa shape index (κ1) is 14.2. The third-order valence-corrected chi connectivity index (χ3v) is 4.43. The second-order valence-corrected chi connectivity index (χ2v) is 6.22. The van der Waals surface area contributed by atoms with Crippen LogP contribution in [0.3, 0.4) is 0 Å². The fourth-order valence-electron chi connectivity index (χ4n) is 3.28. The van der Waals surface area contributed by atoms with Crippen molar-refractivity contribution < 1.29 is 4.39 Å². The SMILES string of the molecule is Cc1cc2c(NC3CCCC3)nc(-c3ccccc3F)nc2[nH]1. The zero-order valence-corrected chi connectivity index (χ0v) is 13.1. The normalized spacial score (nSPS) is 15.4. The number of H-pyrrole nitrogens is 1. The lowest BCUT2D eigenvalue weighted by Gasteiger charge is -2.14. The number of fused-ring (bicyclic) bond motifs is 1. The molecule has 0 aliphatic heterocycles. The van der Waals surface area contributed by atoms with Gasteiger partial charge in [-0.25, -0.2) is 14.4 Å². The van der Waals surface area contributed by atoms with E-state index in [0.29, 0.717) is 17.4 Å². The van der Waals surface area contributed by atoms with Crippen LogP contribution in [0, 0.1) is 12.7 Å². The van der Waals surface area contributed by atoms with E-state index in [1.807, 2.05) is 13.0 Å². The number of rotatable bonds is 3. The molecule has 0 amide bonds. The van der Waals surface area contributed by atoms with Crippen LogP contribution in [0.1, 0.15) is 31.4 Å². The lowest BCUT2D eigenvalue weighted by molar-refractivity contribution is 0.630. The molecule has 0 saturated heterocycles. The van der Waals surface area contributed by atoms with Crippen molar-refractivity contribution in [3.8, 4) is 11.4 Å². The van der Waals surface area contributed by atoms with Gasteiger partial charge < -0.3 is 10.3 Å². The number of aromatic nitrogens is 3. The highest BCUT2D eigenvalue weighted by Crippen LogP contribution is 2.29. The fraction of sp³-hybridized carbons (Fsp3) is 0.333. The molecule has 2 N–H and O–H groups in total. The van der Waals surface area contributed by atoms with Crippen LogP contribution in [-0.4, -0.2) is 21.0 Å². The first-order valence-electron chi connectivity index (χ1n) is 8.09. The molecule has 1 fully saturated rings. The molecule has 0 bridgehead atoms. The molecule has 1 aliphatic rings. The number of nitrogens with zero attached hydrogens (tertiary/aromatic N) is 2. The Morgan fingerprint density at radius 3 is 2.74 bits per heavy atom. The van der Waals surface area contributed by atoms with E-state index in [4.69, 9.17) is 0 Å². The van der Waals surface area contributed by atoms with Crippen molar-refractivity contribution >= 4 is 16.9 Å². The van der Waals surface area contributed by atoms with Gasteiger partial charge >= 0.3 is 0 Å². The molecule has 1 aromatic carbocycles. The summed E-state index contributed by atoms with van der Waals surface area (Å²) in [6.45, 7) is 1.99. The predicted molar refractivity (Wildman–Crippen MR) is 89.9 cm³/mol. The van der Waals surface area contributed by atoms with Crippen LogP contribution in [-0.2, 0) is 0 Å². The van der Waals surface area contributed by atoms with Gasteiger partial charge in [0.1, 0.15) is 17.3 Å². The van der Waals surface area contributed by atoms with Crippen LogP contribution in [0.2, 0.25) is 0 Å². The number of anilines is 1. The van der Waals surface area contributed by atoms with Gasteiger partial charge in [-0.2, -0.15) is 0 Å². The molecule has 5 heteroatoms. The Labute approximate surface area is 134 Å². The molecule has 23 heavy (non-hydrogen) atoms. The zero-order valence-electron chi connectivity index (χ0n) is 13.1. The van der Waals surface area contributed by atoms with Crippen LogP contribution in [0.5, 0.6) is 0 Å². The molecule has 118 valence electrons. The molecule has 4 nitrogen and oxygen atoms in total. The summed E-state index contributed by atoms with van der Waals surface area (Å²) in [5, 5.41) is 4.50. The molecule has 0 unspecified atom stereocenters. The van der Waals surface area contributed by atoms with E-state index in [0.717, 1.165) is 35.4 Å². The Kier molecular flexibility index (Phi) is 3.48. The lowest BCUT2D eigenvalue weighted by atomic mass is 10.2. The number of hydrogen-bond acceptors (Lipinski definition) is 3. The molecule has 2 heterocycles. The minimum absolute atomic E-state index is 0.304. The molecular formula is C18H19FN4. The van der Waals surface area contributed by atoms with Gasteiger partial charge in [0, 0.05) is 11.7 Å². The molecule has 0 radical (unpaired) electrons. The molecule has 0 spiro atoms. The number of benzene rings is 1. The van der Waals surface area contributed by atoms with E-state index >= 15 is 0 Å². The highest BCUT2D eigenvalue weighted by Gasteiger charge is 2.19. The molecule has 0 atom stereocenters. The largest absolute Gasteiger partial charge is 0.367 e. The molecular weight excluding hydrogens is 291 g/mol. The van der Waals surface area contributed by atoms with E-state index in [1.54, 1.807) is 18.2 Å². The van der Waals surface area contributed by atoms with Gasteiger partial charge in [-0.15, -0.1) is 0 Å². The van der Waals surface area contributed by atoms with Crippen molar-refractivity contribution in [2.24, 2.45) is 0 Å². The Bertz CT molecular complexity index is 849. The maximum atomic E-state index is 14.1. The summed E-state index contributed by atoms with van der Waals surface area (Å²) in [6.07, 6.45) is 4.81. The predicted octanol–water partition coefficient (Wildman–Crippen LogP) is 4.43. The van der Waals surface area contributed by atoms with Gasteiger partial charge in [0.05, 0.1) is 10.9 Å². The maximum absolute atomic E-state index is 14.1. The van der Waals surface area contributed by atoms with Crippen molar-refractivity contribution in [2.45, 2.75) is 38.6 Å². The van der Waals surface area contributed by atoms with Crippen molar-refractivity contribution in [3.63, 3.8) is 0 Å². The summed E-state index contributed by atoms with van der Waals surface area (Å²) in [5.74, 6) is 0.907. The molecule has 3 aromatic rings. The van der Waals surface area contributed by atoms with Gasteiger partial charge in [-0.3, -0.25) is 0 Å². The van der Waals surface area contributed by atoms with Crippen LogP contribution >= 0.6 is 0 Å². The minimum atomic E-state index is -0.304. The Hall–Kier alpha value is -2.43. The van der Waals surface area contributed by atoms with Crippen LogP contribution in [0.25, 0.3) is 22.4 Å². The first-order chi connectivity index (χ1) is 11.2. The van der Waals surface area contributed by atoms with Gasteiger partial charge in [-0.1, -0.05) is 25.0 Å². The summed E-state index contributed by atoms with van der Waals surface area (Å²) in [6, 6.07) is 9.11. The quantitative estimate of drug-likeness (QED) is 0.752. The topological polar surface area (TPSA) is 53.6 Å². The van der Waals surface area contributed by atoms with Crippen LogP contribution < -0.4 is 5.32 Å². The smallest absolute Gasteiger partial charge is 0.166 e. The molecule has 2 aromatic heterocycles. The summed E-state index contributed by atoms with van der Waals surface area (Å²) in [7, 11) is 0. The Morgan fingerprint density at radius 2 is 1.96 bits per heavy atom. The summed E-state index contributed by atoms with van der Waals surface area (Å²) < 4.78 is 14.1. The molecule has 1 saturated carbocycles. The Balaban J connectivity index is 1.84. The zero-order chi connectivity index (χ0) is 15.8. The number of aromatic amines is 1. The highest BCUT2D eigenvalue weighted by molar-refractivity contribution is 5.89. The van der Waals surface area contributed by atoms with Gasteiger partial charge in [0.25, 0.3) is 0 Å². The number of aryl methyl sites for hydroxylation is 1. The average Bonchev–Trinajstić information content (AvgIpc) is 3.16. The van der Waals surface area contributed by atoms with Crippen molar-refractivity contribution in [2.75, 3.05) is 5.32 Å². The molecule has 1 aliphatic carbocycles. The van der Waals surface area contributed by atoms with Gasteiger partial charge in [0.2, 0.25) is 0 Å². The number of nitrogens with one attached hydrogen (secondary N) is 2. The average molecular weight is 310 g/mol. The highest BCUT2D eigenvalue weighted by atomic mass is 19.1. The third kappa shape index (κ3) is 2.67. The third-order valence-electron chi connectivity index (χ3n) is 4.43. The van der Waals surface area contributed by atoms with Crippen molar-refractivity contribution in [1.82, 2.24) is 15.0 Å². The van der Waals surface area contributed by atoms with Crippen molar-refractivity contribution in [1.29, 1.82) is 0 Å². The molecule has 4 rings (SSSR count). The summed E-state index contributed by atoms with van der Waals surface area (Å²) >= 11 is 0. The van der Waals surface area contributed by atoms with Crippen molar-refractivity contribution in [3.05, 3.63) is 41.8 Å². The van der Waals surface area contributed by atoms with Crippen LogP contribution in [0.4, 0.5) is 10.2 Å². The first-order valence-corrected chi connectivity index (χ1v) is 8.09. The van der Waals surface area contributed by atoms with E-state index < -0.39 is 0 Å². The van der Waals surface area contributed by atoms with E-state index in [1.165, 1.54) is 18.9 Å². The van der Waals surface area contributed by atoms with E-state index in [2.05, 4.69) is 20.3 Å². The summed E-state index contributed by atoms with van der Waals surface area (Å²) in [4.78, 5) is 12.4. The minimum Gasteiger partial charge on any atom is -0.367 e. The second-order valence-electron chi connectivity index (χ2n) is 6.22. The standard InChI is InChI=1S/C18H19FN4/c1-11-10-14-17(20-11)22-16(13-8-4-5-9-15(13)19)23-18(14)21-12-6-2-3-7-12/h4-5,8-10,12H,2-3,6-7H2,1H3,(H2,20,21,22,23). The maximum Gasteiger partial charge on any atom is 0.166 e. The summed E-state index contributed by atoms with van der Waals surface area (Å²) in [5.41, 5.74) is 2.20. The second kappa shape index (κ2) is 5.65. The van der Waals surface area contributed by atoms with Crippen LogP contribution in [0.15, 0.2) is 30.3 Å². The Morgan fingerprint density at radius 1 is 1.17 bits per heavy atom.